The van der Waals surface area contributed by atoms with Crippen molar-refractivity contribution in [2.45, 2.75) is 18.5 Å². The molecule has 4 rings (SSSR count). The minimum atomic E-state index is -0.108. The highest BCUT2D eigenvalue weighted by Gasteiger charge is 2.23. The Morgan fingerprint density at radius 2 is 1.76 bits per heavy atom. The van der Waals surface area contributed by atoms with E-state index < -0.39 is 0 Å². The molecule has 178 valence electrons. The number of hydrogen-bond acceptors (Lipinski definition) is 5. The first kappa shape index (κ1) is 24.3. The lowest BCUT2D eigenvalue weighted by molar-refractivity contribution is -0.130. The van der Waals surface area contributed by atoms with Gasteiger partial charge in [-0.2, -0.15) is 0 Å². The number of carbonyl (C=O) groups excluding carboxylic acids is 2. The fourth-order valence-corrected chi connectivity index (χ4v) is 4.85. The number of thioether (sulfide) groups is 1. The number of para-hydroxylation sites is 1. The van der Waals surface area contributed by atoms with Gasteiger partial charge in [-0.3, -0.25) is 14.5 Å². The maximum atomic E-state index is 12.7. The molecule has 1 aromatic heterocycles. The molecular formula is C25H28ClN5O2S. The number of aromatic amines is 1. The first-order chi connectivity index (χ1) is 16.5. The highest BCUT2D eigenvalue weighted by Crippen LogP contribution is 2.21. The Bertz CT molecular complexity index is 1130. The first-order valence-corrected chi connectivity index (χ1v) is 12.6. The normalized spacial score (nSPS) is 14.2. The van der Waals surface area contributed by atoms with Crippen LogP contribution in [0.4, 0.5) is 5.69 Å². The second-order valence-electron chi connectivity index (χ2n) is 8.25. The van der Waals surface area contributed by atoms with Crippen LogP contribution in [-0.4, -0.2) is 70.1 Å². The van der Waals surface area contributed by atoms with Gasteiger partial charge in [0.1, 0.15) is 0 Å². The number of amides is 2. The molecule has 0 saturated carbocycles. The molecule has 34 heavy (non-hydrogen) atoms. The van der Waals surface area contributed by atoms with Gasteiger partial charge < -0.3 is 15.2 Å². The Morgan fingerprint density at radius 1 is 1.06 bits per heavy atom. The summed E-state index contributed by atoms with van der Waals surface area (Å²) < 4.78 is 0. The summed E-state index contributed by atoms with van der Waals surface area (Å²) in [5.41, 5.74) is 3.86. The van der Waals surface area contributed by atoms with Crippen LogP contribution in [0.3, 0.4) is 0 Å². The van der Waals surface area contributed by atoms with Crippen LogP contribution < -0.4 is 5.32 Å². The summed E-state index contributed by atoms with van der Waals surface area (Å²) in [7, 11) is 0. The average molecular weight is 498 g/mol. The van der Waals surface area contributed by atoms with E-state index in [0.29, 0.717) is 42.6 Å². The van der Waals surface area contributed by atoms with Crippen LogP contribution in [-0.2, 0) is 16.0 Å². The number of benzene rings is 2. The lowest BCUT2D eigenvalue weighted by atomic mass is 10.1. The molecule has 0 radical (unpaired) electrons. The smallest absolute Gasteiger partial charge is 0.238 e. The number of imidazole rings is 1. The number of nitrogens with zero attached hydrogens (tertiary/aromatic N) is 3. The van der Waals surface area contributed by atoms with E-state index in [1.54, 1.807) is 12.1 Å². The van der Waals surface area contributed by atoms with Gasteiger partial charge in [0.05, 0.1) is 28.7 Å². The molecule has 1 aliphatic heterocycles. The van der Waals surface area contributed by atoms with Gasteiger partial charge in [-0.25, -0.2) is 4.98 Å². The zero-order chi connectivity index (χ0) is 23.9. The van der Waals surface area contributed by atoms with Gasteiger partial charge in [-0.15, -0.1) is 0 Å². The van der Waals surface area contributed by atoms with Gasteiger partial charge in [-0.05, 0) is 24.6 Å². The molecular weight excluding hydrogens is 470 g/mol. The standard InChI is InChI=1S/C25H28ClN5O2S/c1-18-22(15-19-7-3-2-4-8-19)29-25(27-18)34-17-24(33)31-13-11-30(12-14-31)16-23(32)28-21-10-6-5-9-20(21)26/h2-10H,11-17H2,1H3,(H,27,29)(H,28,32). The van der Waals surface area contributed by atoms with Crippen molar-refractivity contribution in [3.05, 3.63) is 76.6 Å². The number of hydrogen-bond donors (Lipinski definition) is 2. The molecule has 2 heterocycles. The monoisotopic (exact) mass is 497 g/mol. The van der Waals surface area contributed by atoms with Gasteiger partial charge in [0.25, 0.3) is 0 Å². The van der Waals surface area contributed by atoms with Crippen molar-refractivity contribution in [2.24, 2.45) is 0 Å². The van der Waals surface area contributed by atoms with Crippen molar-refractivity contribution in [3.63, 3.8) is 0 Å². The fourth-order valence-electron chi connectivity index (χ4n) is 3.83. The van der Waals surface area contributed by atoms with Crippen molar-refractivity contribution in [2.75, 3.05) is 43.8 Å². The molecule has 2 amide bonds. The number of halogens is 1. The molecule has 1 aliphatic rings. The Hall–Kier alpha value is -2.81. The van der Waals surface area contributed by atoms with Crippen molar-refractivity contribution >= 4 is 40.9 Å². The minimum Gasteiger partial charge on any atom is -0.339 e. The predicted molar refractivity (Wildman–Crippen MR) is 136 cm³/mol. The second-order valence-corrected chi connectivity index (χ2v) is 9.62. The number of H-pyrrole nitrogens is 1. The fraction of sp³-hybridized carbons (Fsp3) is 0.320. The van der Waals surface area contributed by atoms with Crippen molar-refractivity contribution in [3.8, 4) is 0 Å². The van der Waals surface area contributed by atoms with E-state index in [1.807, 2.05) is 42.2 Å². The quantitative estimate of drug-likeness (QED) is 0.462. The molecule has 2 N–H and O–H groups in total. The third-order valence-electron chi connectivity index (χ3n) is 5.75. The molecule has 0 aliphatic carbocycles. The van der Waals surface area contributed by atoms with Crippen LogP contribution in [0.15, 0.2) is 59.8 Å². The molecule has 7 nitrogen and oxygen atoms in total. The summed E-state index contributed by atoms with van der Waals surface area (Å²) in [6.45, 7) is 4.82. The molecule has 2 aromatic carbocycles. The van der Waals surface area contributed by atoms with Crippen molar-refractivity contribution in [1.29, 1.82) is 0 Å². The first-order valence-electron chi connectivity index (χ1n) is 11.2. The summed E-state index contributed by atoms with van der Waals surface area (Å²) in [6, 6.07) is 17.4. The number of rotatable bonds is 8. The average Bonchev–Trinajstić information content (AvgIpc) is 3.19. The molecule has 9 heteroatoms. The summed E-state index contributed by atoms with van der Waals surface area (Å²) >= 11 is 7.54. The Balaban J connectivity index is 1.20. The Labute approximate surface area is 208 Å². The zero-order valence-electron chi connectivity index (χ0n) is 19.1. The van der Waals surface area contributed by atoms with Crippen LogP contribution in [0.25, 0.3) is 0 Å². The molecule has 0 spiro atoms. The number of carbonyl (C=O) groups is 2. The van der Waals surface area contributed by atoms with Gasteiger partial charge >= 0.3 is 0 Å². The molecule has 0 unspecified atom stereocenters. The van der Waals surface area contributed by atoms with Gasteiger partial charge in [-0.1, -0.05) is 65.8 Å². The molecule has 0 atom stereocenters. The van der Waals surface area contributed by atoms with Crippen LogP contribution >= 0.6 is 23.4 Å². The summed E-state index contributed by atoms with van der Waals surface area (Å²) in [5.74, 6) is 0.316. The lowest BCUT2D eigenvalue weighted by Gasteiger charge is -2.34. The lowest BCUT2D eigenvalue weighted by Crippen LogP contribution is -2.50. The van der Waals surface area contributed by atoms with Gasteiger partial charge in [0.15, 0.2) is 5.16 Å². The highest BCUT2D eigenvalue weighted by molar-refractivity contribution is 7.99. The zero-order valence-corrected chi connectivity index (χ0v) is 20.7. The summed E-state index contributed by atoms with van der Waals surface area (Å²) in [6.07, 6.45) is 0.768. The van der Waals surface area contributed by atoms with E-state index in [-0.39, 0.29) is 18.4 Å². The van der Waals surface area contributed by atoms with Crippen LogP contribution in [0.1, 0.15) is 17.0 Å². The molecule has 1 fully saturated rings. The number of aromatic nitrogens is 2. The summed E-state index contributed by atoms with van der Waals surface area (Å²) in [5, 5.41) is 4.13. The van der Waals surface area contributed by atoms with Gasteiger partial charge in [0, 0.05) is 38.3 Å². The number of anilines is 1. The molecule has 3 aromatic rings. The predicted octanol–water partition coefficient (Wildman–Crippen LogP) is 3.84. The largest absolute Gasteiger partial charge is 0.339 e. The third kappa shape index (κ3) is 6.62. The van der Waals surface area contributed by atoms with E-state index in [4.69, 9.17) is 11.6 Å². The van der Waals surface area contributed by atoms with Crippen molar-refractivity contribution < 1.29 is 9.59 Å². The number of nitrogens with one attached hydrogen (secondary N) is 2. The van der Waals surface area contributed by atoms with Gasteiger partial charge in [0.2, 0.25) is 11.8 Å². The Morgan fingerprint density at radius 3 is 2.50 bits per heavy atom. The highest BCUT2D eigenvalue weighted by atomic mass is 35.5. The van der Waals surface area contributed by atoms with E-state index in [2.05, 4.69) is 32.3 Å². The Kier molecular flexibility index (Phi) is 8.26. The van der Waals surface area contributed by atoms with Crippen LogP contribution in [0.5, 0.6) is 0 Å². The number of aryl methyl sites for hydroxylation is 1. The second kappa shape index (κ2) is 11.6. The number of piperazine rings is 1. The van der Waals surface area contributed by atoms with E-state index >= 15 is 0 Å². The maximum absolute atomic E-state index is 12.7. The van der Waals surface area contributed by atoms with E-state index in [0.717, 1.165) is 23.0 Å². The van der Waals surface area contributed by atoms with Crippen LogP contribution in [0, 0.1) is 6.92 Å². The summed E-state index contributed by atoms with van der Waals surface area (Å²) in [4.78, 5) is 36.9. The third-order valence-corrected chi connectivity index (χ3v) is 6.94. The van der Waals surface area contributed by atoms with Crippen molar-refractivity contribution in [1.82, 2.24) is 19.8 Å². The van der Waals surface area contributed by atoms with E-state index in [9.17, 15) is 9.59 Å². The molecule has 1 saturated heterocycles. The molecule has 0 bridgehead atoms. The van der Waals surface area contributed by atoms with Crippen LogP contribution in [0.2, 0.25) is 5.02 Å². The maximum Gasteiger partial charge on any atom is 0.238 e. The van der Waals surface area contributed by atoms with E-state index in [1.165, 1.54) is 17.3 Å². The SMILES string of the molecule is Cc1[nH]c(SCC(=O)N2CCN(CC(=O)Nc3ccccc3Cl)CC2)nc1Cc1ccccc1. The topological polar surface area (TPSA) is 81.3 Å². The minimum absolute atomic E-state index is 0.0869.